The first kappa shape index (κ1) is 25.8. The summed E-state index contributed by atoms with van der Waals surface area (Å²) in [5.74, 6) is 0.810. The van der Waals surface area contributed by atoms with Crippen molar-refractivity contribution < 1.29 is 47.9 Å². The Kier molecular flexibility index (Phi) is 6.69. The fourth-order valence-corrected chi connectivity index (χ4v) is 4.81. The molecule has 0 radical (unpaired) electrons. The second-order valence-corrected chi connectivity index (χ2v) is 8.75. The number of phenols is 1. The van der Waals surface area contributed by atoms with Gasteiger partial charge in [0.25, 0.3) is 0 Å². The molecule has 0 bridgehead atoms. The molecule has 10 nitrogen and oxygen atoms in total. The van der Waals surface area contributed by atoms with Crippen LogP contribution in [-0.4, -0.2) is 52.4 Å². The number of benzene rings is 3. The van der Waals surface area contributed by atoms with Crippen LogP contribution >= 0.6 is 0 Å². The molecule has 3 aromatic rings. The van der Waals surface area contributed by atoms with Gasteiger partial charge in [-0.15, -0.1) is 0 Å². The summed E-state index contributed by atoms with van der Waals surface area (Å²) < 4.78 is 38.5. The van der Waals surface area contributed by atoms with Crippen LogP contribution in [-0.2, 0) is 4.79 Å². The highest BCUT2D eigenvalue weighted by Gasteiger charge is 2.39. The van der Waals surface area contributed by atoms with Crippen LogP contribution in [0.2, 0.25) is 0 Å². The third kappa shape index (κ3) is 4.33. The number of phenolic OH excluding ortho intramolecular Hbond substituents is 1. The van der Waals surface area contributed by atoms with Crippen molar-refractivity contribution in [3.63, 3.8) is 0 Å². The van der Waals surface area contributed by atoms with E-state index in [9.17, 15) is 14.7 Å². The molecule has 0 aromatic heterocycles. The summed E-state index contributed by atoms with van der Waals surface area (Å²) >= 11 is 0. The topological polar surface area (TPSA) is 119 Å². The van der Waals surface area contributed by atoms with Crippen molar-refractivity contribution in [3.05, 3.63) is 64.4 Å². The maximum Gasteiger partial charge on any atom is 0.312 e. The number of ketones is 1. The quantitative estimate of drug-likeness (QED) is 0.264. The monoisotopic (exact) mass is 534 g/mol. The van der Waals surface area contributed by atoms with Gasteiger partial charge in [0, 0.05) is 23.1 Å². The Morgan fingerprint density at radius 2 is 1.41 bits per heavy atom. The van der Waals surface area contributed by atoms with Crippen molar-refractivity contribution in [3.8, 4) is 46.0 Å². The Balaban J connectivity index is 1.63. The molecule has 0 amide bonds. The minimum atomic E-state index is -0.567. The van der Waals surface area contributed by atoms with Gasteiger partial charge in [0.15, 0.2) is 28.8 Å². The molecule has 0 aliphatic carbocycles. The van der Waals surface area contributed by atoms with Gasteiger partial charge in [-0.2, -0.15) is 0 Å². The Morgan fingerprint density at radius 3 is 2.03 bits per heavy atom. The molecule has 1 unspecified atom stereocenters. The first-order valence-electron chi connectivity index (χ1n) is 11.9. The molecule has 0 saturated carbocycles. The molecule has 3 aromatic carbocycles. The number of esters is 1. The highest BCUT2D eigenvalue weighted by Crippen LogP contribution is 2.51. The molecular weight excluding hydrogens is 508 g/mol. The molecule has 0 saturated heterocycles. The highest BCUT2D eigenvalue weighted by atomic mass is 16.5. The SMILES string of the molecule is COc1cc(OC)c(OC)cc1C=C1Oc2c(ccc3c2C(c2cc(OC)c(O)c(OC)c2)CC(=O)O3)C1=O. The molecule has 1 atom stereocenters. The number of aromatic hydroxyl groups is 1. The molecule has 0 fully saturated rings. The van der Waals surface area contributed by atoms with E-state index in [1.165, 1.54) is 35.5 Å². The maximum atomic E-state index is 13.4. The van der Waals surface area contributed by atoms with E-state index in [0.717, 1.165) is 0 Å². The lowest BCUT2D eigenvalue weighted by atomic mass is 9.84. The van der Waals surface area contributed by atoms with Gasteiger partial charge in [-0.3, -0.25) is 9.59 Å². The third-order valence-electron chi connectivity index (χ3n) is 6.71. The highest BCUT2D eigenvalue weighted by molar-refractivity contribution is 6.15. The molecule has 2 aliphatic rings. The summed E-state index contributed by atoms with van der Waals surface area (Å²) in [5.41, 5.74) is 2.00. The standard InChI is InChI=1S/C29H26O10/c1-33-19-13-21(35-3)20(34-2)10-15(19)11-24-27(31)16-6-7-18-26(29(16)39-24)17(12-25(30)38-18)14-8-22(36-4)28(32)23(9-14)37-5/h6-11,13,17,32H,12H2,1-5H3. The number of allylic oxidation sites excluding steroid dienone is 1. The lowest BCUT2D eigenvalue weighted by Crippen LogP contribution is -2.21. The molecule has 10 heteroatoms. The van der Waals surface area contributed by atoms with Crippen LogP contribution in [0.4, 0.5) is 0 Å². The lowest BCUT2D eigenvalue weighted by molar-refractivity contribution is -0.135. The van der Waals surface area contributed by atoms with Gasteiger partial charge in [0.05, 0.1) is 47.5 Å². The molecule has 2 heterocycles. The van der Waals surface area contributed by atoms with Crippen molar-refractivity contribution in [1.29, 1.82) is 0 Å². The average molecular weight is 535 g/mol. The van der Waals surface area contributed by atoms with Gasteiger partial charge < -0.3 is 38.3 Å². The molecular formula is C29H26O10. The van der Waals surface area contributed by atoms with Gasteiger partial charge in [-0.1, -0.05) is 0 Å². The Labute approximate surface area is 224 Å². The molecule has 39 heavy (non-hydrogen) atoms. The fraction of sp³-hybridized carbons (Fsp3) is 0.241. The van der Waals surface area contributed by atoms with E-state index in [0.29, 0.717) is 39.5 Å². The predicted molar refractivity (Wildman–Crippen MR) is 139 cm³/mol. The van der Waals surface area contributed by atoms with Crippen LogP contribution in [0.5, 0.6) is 46.0 Å². The molecule has 5 rings (SSSR count). The number of carbonyl (C=O) groups excluding carboxylic acids is 2. The largest absolute Gasteiger partial charge is 0.502 e. The van der Waals surface area contributed by atoms with E-state index < -0.39 is 11.9 Å². The zero-order valence-electron chi connectivity index (χ0n) is 21.9. The smallest absolute Gasteiger partial charge is 0.312 e. The van der Waals surface area contributed by atoms with Crippen molar-refractivity contribution in [1.82, 2.24) is 0 Å². The summed E-state index contributed by atoms with van der Waals surface area (Å²) in [5, 5.41) is 10.4. The minimum Gasteiger partial charge on any atom is -0.502 e. The molecule has 1 N–H and O–H groups in total. The van der Waals surface area contributed by atoms with Crippen LogP contribution < -0.4 is 33.2 Å². The van der Waals surface area contributed by atoms with Crippen LogP contribution in [0.25, 0.3) is 6.08 Å². The van der Waals surface area contributed by atoms with Gasteiger partial charge in [-0.25, -0.2) is 0 Å². The zero-order chi connectivity index (χ0) is 27.8. The molecule has 202 valence electrons. The summed E-state index contributed by atoms with van der Waals surface area (Å²) in [6, 6.07) is 9.71. The minimum absolute atomic E-state index is 0.0271. The van der Waals surface area contributed by atoms with E-state index in [-0.39, 0.29) is 46.7 Å². The number of methoxy groups -OCH3 is 5. The summed E-state index contributed by atoms with van der Waals surface area (Å²) in [6.45, 7) is 0. The number of hydrogen-bond acceptors (Lipinski definition) is 10. The number of Topliss-reactive ketones (excluding diaryl/α,β-unsaturated/α-hetero) is 1. The number of carbonyl (C=O) groups is 2. The van der Waals surface area contributed by atoms with Gasteiger partial charge >= 0.3 is 5.97 Å². The van der Waals surface area contributed by atoms with Crippen LogP contribution in [0.3, 0.4) is 0 Å². The van der Waals surface area contributed by atoms with Gasteiger partial charge in [0.1, 0.15) is 17.2 Å². The fourth-order valence-electron chi connectivity index (χ4n) is 4.81. The second-order valence-electron chi connectivity index (χ2n) is 8.75. The molecule has 0 spiro atoms. The predicted octanol–water partition coefficient (Wildman–Crippen LogP) is 4.49. The van der Waals surface area contributed by atoms with E-state index in [1.807, 2.05) is 0 Å². The Hall–Kier alpha value is -4.86. The van der Waals surface area contributed by atoms with Crippen LogP contribution in [0.15, 0.2) is 42.2 Å². The zero-order valence-corrected chi connectivity index (χ0v) is 21.9. The van der Waals surface area contributed by atoms with E-state index in [2.05, 4.69) is 0 Å². The van der Waals surface area contributed by atoms with E-state index in [1.54, 1.807) is 42.5 Å². The normalized spacial score (nSPS) is 16.6. The second kappa shape index (κ2) is 10.1. The summed E-state index contributed by atoms with van der Waals surface area (Å²) in [6.07, 6.45) is 1.53. The maximum absolute atomic E-state index is 13.4. The number of rotatable bonds is 7. The van der Waals surface area contributed by atoms with Gasteiger partial charge in [0.2, 0.25) is 11.5 Å². The van der Waals surface area contributed by atoms with Crippen LogP contribution in [0, 0.1) is 0 Å². The number of ether oxygens (including phenoxy) is 7. The number of fused-ring (bicyclic) bond motifs is 3. The van der Waals surface area contributed by atoms with Crippen molar-refractivity contribution in [2.45, 2.75) is 12.3 Å². The first-order chi connectivity index (χ1) is 18.8. The van der Waals surface area contributed by atoms with Crippen molar-refractivity contribution in [2.24, 2.45) is 0 Å². The third-order valence-corrected chi connectivity index (χ3v) is 6.71. The van der Waals surface area contributed by atoms with Crippen molar-refractivity contribution in [2.75, 3.05) is 35.5 Å². The Morgan fingerprint density at radius 1 is 0.795 bits per heavy atom. The van der Waals surface area contributed by atoms with Crippen molar-refractivity contribution >= 4 is 17.8 Å². The van der Waals surface area contributed by atoms with Gasteiger partial charge in [-0.05, 0) is 42.0 Å². The van der Waals surface area contributed by atoms with E-state index >= 15 is 0 Å². The molecule has 2 aliphatic heterocycles. The summed E-state index contributed by atoms with van der Waals surface area (Å²) in [4.78, 5) is 26.0. The summed E-state index contributed by atoms with van der Waals surface area (Å²) in [7, 11) is 7.36. The lowest BCUT2D eigenvalue weighted by Gasteiger charge is -2.27. The first-order valence-corrected chi connectivity index (χ1v) is 11.9. The van der Waals surface area contributed by atoms with Crippen LogP contribution in [0.1, 0.15) is 39.4 Å². The number of hydrogen-bond donors (Lipinski definition) is 1. The average Bonchev–Trinajstić information content (AvgIpc) is 3.26. The van der Waals surface area contributed by atoms with E-state index in [4.69, 9.17) is 33.2 Å². The Bertz CT molecular complexity index is 1500.